The van der Waals surface area contributed by atoms with Gasteiger partial charge in [0, 0.05) is 50.7 Å². The Morgan fingerprint density at radius 3 is 1.14 bits per heavy atom. The van der Waals surface area contributed by atoms with Crippen LogP contribution in [0, 0.1) is 91.7 Å². The van der Waals surface area contributed by atoms with E-state index in [0.717, 1.165) is 57.5 Å². The molecule has 1 spiro atoms. The predicted octanol–water partition coefficient (Wildman–Crippen LogP) is 17.5. The zero-order valence-corrected chi connectivity index (χ0v) is 80.7. The third kappa shape index (κ3) is 31.0. The van der Waals surface area contributed by atoms with Gasteiger partial charge in [-0.15, -0.1) is 0 Å². The predicted molar refractivity (Wildman–Crippen MR) is 533 cm³/mol. The molecule has 4 bridgehead atoms. The number of hydrogen-bond donors (Lipinski definition) is 2. The van der Waals surface area contributed by atoms with E-state index in [1.54, 1.807) is 69.6 Å². The van der Waals surface area contributed by atoms with Gasteiger partial charge in [0.25, 0.3) is 0 Å². The molecule has 36 heteroatoms. The minimum Gasteiger partial charge on any atom is -0.469 e. The zero-order valence-electron chi connectivity index (χ0n) is 80.7. The molecule has 0 aromatic rings. The number of carbonyl (C=O) groups excluding carboxylic acids is 13. The van der Waals surface area contributed by atoms with Gasteiger partial charge in [-0.2, -0.15) is 0 Å². The van der Waals surface area contributed by atoms with Gasteiger partial charge >= 0.3 is 77.6 Å². The van der Waals surface area contributed by atoms with Crippen molar-refractivity contribution in [2.24, 2.45) is 91.7 Å². The summed E-state index contributed by atoms with van der Waals surface area (Å²) in [6, 6.07) is 0. The molecule has 6 aliphatic carbocycles. The molecule has 2 N–H and O–H groups in total. The largest absolute Gasteiger partial charge is 0.469 e. The van der Waals surface area contributed by atoms with Crippen molar-refractivity contribution < 1.29 is 172 Å². The topological polar surface area (TPSA) is 456 Å². The summed E-state index contributed by atoms with van der Waals surface area (Å²) < 4.78 is 111. The van der Waals surface area contributed by atoms with Gasteiger partial charge in [-0.25, -0.2) is 14.4 Å². The number of carbonyl (C=O) groups is 13. The van der Waals surface area contributed by atoms with Gasteiger partial charge in [-0.3, -0.25) is 47.9 Å². The molecule has 36 nitrogen and oxygen atoms in total. The summed E-state index contributed by atoms with van der Waals surface area (Å²) in [6.45, 7) is 38.1. The molecular formula is C106H194O36. The number of esters is 13. The molecule has 27 unspecified atom stereocenters. The highest BCUT2D eigenvalue weighted by Crippen LogP contribution is 2.60. The highest BCUT2D eigenvalue weighted by atomic mass is 16.9. The van der Waals surface area contributed by atoms with E-state index in [1.807, 2.05) is 83.1 Å². The Morgan fingerprint density at radius 1 is 0.352 bits per heavy atom. The van der Waals surface area contributed by atoms with Crippen LogP contribution in [0.3, 0.4) is 0 Å². The summed E-state index contributed by atoms with van der Waals surface area (Å²) in [4.78, 5) is 153. The summed E-state index contributed by atoms with van der Waals surface area (Å²) >= 11 is 0. The Balaban J connectivity index is -0.000000772. The van der Waals surface area contributed by atoms with Crippen LogP contribution in [0.4, 0.5) is 0 Å². The third-order valence-corrected chi connectivity index (χ3v) is 29.5. The van der Waals surface area contributed by atoms with Crippen LogP contribution in [0.5, 0.6) is 0 Å². The van der Waals surface area contributed by atoms with Crippen molar-refractivity contribution in [3.8, 4) is 0 Å². The molecule has 17 fully saturated rings. The molecule has 17 aliphatic rings. The van der Waals surface area contributed by atoms with E-state index in [4.69, 9.17) is 85.3 Å². The SMILES string of the molecule is C.C.C.C.C.C.C.C.C.C.C.C.CCC(C)(C)C(=O)OC.CCC(C)(C)C(=O)OC.CCC(C)(C)C(=O)OC1C(=O)OC2C(O)C(O)OC12.CCC(C)(C)C(=O)OC1C(=O)OC2C3OC(C)(C)OC3OC12.CCC(C)(C)C(=O)OC1C(=O)OC2C3OC4(CCCCC4)OC3OC12.CCC(C)(C)C(=O)OC1C2CC3C1OC(=O)C3C2C(=O)OC.COC.O=C1OCC2C3CCC(C3)C12.O=C1OCC2CCCCC12. The molecule has 0 radical (unpaired) electrons. The molecule has 834 valence electrons. The number of aliphatic hydroxyl groups is 2. The van der Waals surface area contributed by atoms with E-state index in [2.05, 4.69) is 14.2 Å². The van der Waals surface area contributed by atoms with Crippen molar-refractivity contribution in [3.05, 3.63) is 0 Å². The van der Waals surface area contributed by atoms with Crippen molar-refractivity contribution in [1.29, 1.82) is 0 Å². The van der Waals surface area contributed by atoms with Crippen LogP contribution in [-0.2, 0) is 162 Å². The third-order valence-electron chi connectivity index (χ3n) is 29.5. The maximum atomic E-state index is 12.4. The number of cyclic esters (lactones) is 2. The van der Waals surface area contributed by atoms with Crippen molar-refractivity contribution in [2.45, 2.75) is 465 Å². The molecule has 17 rings (SSSR count). The molecule has 6 saturated carbocycles. The average Bonchev–Trinajstić information content (AvgIpc) is 1.54. The van der Waals surface area contributed by atoms with Gasteiger partial charge < -0.3 is 110 Å². The standard InChI is InChI=1S/C18H26O7.C16H22O6.C15H22O7.C12H18O7.C9H12O2.C8H12O2.2C7H14O2.C2H6O.12CH4/c1-4-17(2,3)16(20)23-12-10-11(21-14(12)19)13-15(22-10)25-18(24-13)8-6-5-7-9-18;1-5-16(2,3)15(19)22-12-7-6-8-10(9(7)13(17)20-4)14(18)21-11(8)12;1-6-14(2,3)13(17)20-9-7-8(18-11(9)16)10-12(19-7)22-15(4,5)21-10;1-4-12(2,3)11(16)19-8-7-6(17-10(8)15)5(13)9(14)18-7;10-9-8-6-2-1-5(3-6)7(8)4-11-9;9-8-7-4-2-1-3-6(7)5-10-8;2*1-5-7(2,3)6(8)9-4;1-3-2;;;;;;;;;;;;/h10-13,15H,4-9H2,1-3H3;7-12H,5-6H2,1-4H3;7-10,12H,6H2,1-5H3;5-9,13-14H,4H2,1-3H3;5-8H,1-4H2;6-7H,1-5H2;2*5H2,1-4H3;1-2H3;12*1H4. The lowest BCUT2D eigenvalue weighted by molar-refractivity contribution is -0.246. The molecule has 0 aromatic carbocycles. The number of methoxy groups -OCH3 is 4. The van der Waals surface area contributed by atoms with Crippen LogP contribution in [0.25, 0.3) is 0 Å². The lowest BCUT2D eigenvalue weighted by Gasteiger charge is -2.33. The molecule has 11 heterocycles. The minimum atomic E-state index is -1.44. The van der Waals surface area contributed by atoms with Crippen LogP contribution in [0.15, 0.2) is 0 Å². The van der Waals surface area contributed by atoms with E-state index in [1.165, 1.54) is 66.3 Å². The molecule has 0 amide bonds. The van der Waals surface area contributed by atoms with Crippen molar-refractivity contribution in [2.75, 3.05) is 48.8 Å². The fourth-order valence-corrected chi connectivity index (χ4v) is 18.8. The summed E-state index contributed by atoms with van der Waals surface area (Å²) in [5.41, 5.74) is -3.27. The van der Waals surface area contributed by atoms with Gasteiger partial charge in [0.2, 0.25) is 18.3 Å². The van der Waals surface area contributed by atoms with Gasteiger partial charge in [-0.1, -0.05) is 150 Å². The maximum absolute atomic E-state index is 12.4. The first-order valence-electron chi connectivity index (χ1n) is 46.5. The quantitative estimate of drug-likeness (QED) is 0.101. The molecule has 27 atom stereocenters. The number of fused-ring (bicyclic) bond motifs is 14. The number of rotatable bonds is 17. The smallest absolute Gasteiger partial charge is 0.350 e. The van der Waals surface area contributed by atoms with Crippen molar-refractivity contribution in [1.82, 2.24) is 0 Å². The number of aliphatic hydroxyl groups excluding tert-OH is 2. The van der Waals surface area contributed by atoms with Gasteiger partial charge in [0.05, 0.1) is 90.7 Å². The Kier molecular flexibility index (Phi) is 56.9. The summed E-state index contributed by atoms with van der Waals surface area (Å²) in [7, 11) is 7.40. The Morgan fingerprint density at radius 2 is 0.732 bits per heavy atom. The number of ether oxygens (including phenoxy) is 21. The van der Waals surface area contributed by atoms with E-state index in [-0.39, 0.29) is 154 Å². The second-order valence-electron chi connectivity index (χ2n) is 41.0. The van der Waals surface area contributed by atoms with Crippen LogP contribution in [0.2, 0.25) is 0 Å². The Hall–Kier alpha value is -7.29. The highest BCUT2D eigenvalue weighted by molar-refractivity contribution is 5.88. The molecule has 11 aliphatic heterocycles. The lowest BCUT2D eigenvalue weighted by atomic mass is 9.78. The maximum Gasteiger partial charge on any atom is 0.350 e. The van der Waals surface area contributed by atoms with E-state index in [0.29, 0.717) is 62.4 Å². The average molecular weight is 2040 g/mol. The monoisotopic (exact) mass is 2040 g/mol. The van der Waals surface area contributed by atoms with Crippen LogP contribution in [0.1, 0.15) is 350 Å². The number of hydrogen-bond acceptors (Lipinski definition) is 36. The van der Waals surface area contributed by atoms with Gasteiger partial charge in [-0.05, 0) is 199 Å². The van der Waals surface area contributed by atoms with E-state index < -0.39 is 191 Å². The van der Waals surface area contributed by atoms with Gasteiger partial charge in [0.15, 0.2) is 61.0 Å². The lowest BCUT2D eigenvalue weighted by Crippen LogP contribution is -2.45. The van der Waals surface area contributed by atoms with Gasteiger partial charge in [0.1, 0.15) is 36.6 Å². The first-order valence-corrected chi connectivity index (χ1v) is 46.5. The normalized spacial score (nSPS) is 32.5. The Labute approximate surface area is 851 Å². The summed E-state index contributed by atoms with van der Waals surface area (Å²) in [5.74, 6) is -3.84. The molecule has 0 aromatic heterocycles. The fourth-order valence-electron chi connectivity index (χ4n) is 18.8. The van der Waals surface area contributed by atoms with E-state index in [9.17, 15) is 72.5 Å². The molecular weight excluding hydrogens is 1850 g/mol. The second kappa shape index (κ2) is 57.3. The zero-order chi connectivity index (χ0) is 96.8. The second-order valence-corrected chi connectivity index (χ2v) is 41.0. The van der Waals surface area contributed by atoms with Crippen LogP contribution < -0.4 is 0 Å². The summed E-state index contributed by atoms with van der Waals surface area (Å²) in [6.07, 6.45) is 4.72. The molecule has 142 heavy (non-hydrogen) atoms. The first-order chi connectivity index (χ1) is 60.8. The highest BCUT2D eigenvalue weighted by Gasteiger charge is 2.72. The first kappa shape index (κ1) is 141. The van der Waals surface area contributed by atoms with Crippen LogP contribution in [-0.4, -0.2) is 252 Å². The van der Waals surface area contributed by atoms with Crippen molar-refractivity contribution >= 4 is 77.6 Å². The van der Waals surface area contributed by atoms with Crippen LogP contribution >= 0.6 is 0 Å². The summed E-state index contributed by atoms with van der Waals surface area (Å²) in [5, 5.41) is 18.9. The molecule has 11 saturated heterocycles. The minimum absolute atomic E-state index is 0. The fraction of sp³-hybridized carbons (Fsp3) is 0.877. The van der Waals surface area contributed by atoms with E-state index >= 15 is 0 Å². The van der Waals surface area contributed by atoms with Crippen molar-refractivity contribution in [3.63, 3.8) is 0 Å². The Bertz CT molecular complexity index is 3960.